The highest BCUT2D eigenvalue weighted by molar-refractivity contribution is 7.02. The lowest BCUT2D eigenvalue weighted by Crippen LogP contribution is -2.64. The predicted octanol–water partition coefficient (Wildman–Crippen LogP) is 7.05. The summed E-state index contributed by atoms with van der Waals surface area (Å²) in [5, 5.41) is 0. The molecule has 52 heavy (non-hydrogen) atoms. The first kappa shape index (κ1) is 29.3. The van der Waals surface area contributed by atoms with Crippen LogP contribution in [0.1, 0.15) is 0 Å². The zero-order valence-electron chi connectivity index (χ0n) is 27.1. The van der Waals surface area contributed by atoms with Gasteiger partial charge in [-0.15, -0.1) is 0 Å². The molecule has 0 aromatic heterocycles. The number of para-hydroxylation sites is 4. The molecular formula is C42H22B2F4N2O2. The molecule has 0 bridgehead atoms. The second-order valence-corrected chi connectivity index (χ2v) is 13.3. The zero-order chi connectivity index (χ0) is 34.8. The first-order chi connectivity index (χ1) is 25.5. The van der Waals surface area contributed by atoms with E-state index in [9.17, 15) is 0 Å². The fourth-order valence-corrected chi connectivity index (χ4v) is 8.58. The molecule has 0 N–H and O–H groups in total. The van der Waals surface area contributed by atoms with Gasteiger partial charge in [0.2, 0.25) is 5.82 Å². The maximum Gasteiger partial charge on any atom is 0.260 e. The summed E-state index contributed by atoms with van der Waals surface area (Å²) in [5.74, 6) is -3.49. The minimum Gasteiger partial charge on any atom is -0.458 e. The van der Waals surface area contributed by atoms with E-state index >= 15 is 17.6 Å². The summed E-state index contributed by atoms with van der Waals surface area (Å²) in [7, 11) is 0. The summed E-state index contributed by atoms with van der Waals surface area (Å²) in [4.78, 5) is 3.70. The molecule has 0 saturated carbocycles. The Morgan fingerprint density at radius 3 is 1.83 bits per heavy atom. The van der Waals surface area contributed by atoms with Crippen molar-refractivity contribution in [3.63, 3.8) is 0 Å². The Morgan fingerprint density at radius 1 is 0.423 bits per heavy atom. The maximum atomic E-state index is 16.7. The van der Waals surface area contributed by atoms with Gasteiger partial charge in [-0.1, -0.05) is 78.9 Å². The number of rotatable bonds is 2. The fraction of sp³-hybridized carbons (Fsp3) is 0. The number of hydrogen-bond acceptors (Lipinski definition) is 4. The van der Waals surface area contributed by atoms with Gasteiger partial charge in [0.05, 0.1) is 5.69 Å². The monoisotopic (exact) mass is 684 g/mol. The number of halogens is 4. The van der Waals surface area contributed by atoms with Crippen molar-refractivity contribution in [3.8, 4) is 23.0 Å². The molecule has 4 aliphatic heterocycles. The molecular weight excluding hydrogens is 662 g/mol. The van der Waals surface area contributed by atoms with Crippen LogP contribution in [0.2, 0.25) is 0 Å². The summed E-state index contributed by atoms with van der Waals surface area (Å²) in [6, 6.07) is 40.3. The van der Waals surface area contributed by atoms with E-state index in [1.807, 2.05) is 114 Å². The van der Waals surface area contributed by atoms with Crippen LogP contribution < -0.4 is 52.1 Å². The van der Waals surface area contributed by atoms with Gasteiger partial charge in [-0.25, -0.2) is 13.2 Å². The third-order valence-electron chi connectivity index (χ3n) is 10.6. The number of ether oxygens (including phenoxy) is 2. The summed E-state index contributed by atoms with van der Waals surface area (Å²) in [5.41, 5.74) is 7.56. The van der Waals surface area contributed by atoms with Crippen LogP contribution >= 0.6 is 0 Å². The largest absolute Gasteiger partial charge is 0.458 e. The van der Waals surface area contributed by atoms with Crippen LogP contribution in [0.25, 0.3) is 0 Å². The van der Waals surface area contributed by atoms with Gasteiger partial charge in [0.1, 0.15) is 17.2 Å². The molecule has 246 valence electrons. The first-order valence-electron chi connectivity index (χ1n) is 16.9. The molecule has 7 aromatic carbocycles. The van der Waals surface area contributed by atoms with E-state index < -0.39 is 36.7 Å². The van der Waals surface area contributed by atoms with Crippen LogP contribution in [-0.4, -0.2) is 13.4 Å². The van der Waals surface area contributed by atoms with Crippen molar-refractivity contribution in [1.82, 2.24) is 0 Å². The normalized spacial score (nSPS) is 13.9. The fourth-order valence-electron chi connectivity index (χ4n) is 8.58. The predicted molar refractivity (Wildman–Crippen MR) is 198 cm³/mol. The highest BCUT2D eigenvalue weighted by Crippen LogP contribution is 2.47. The molecule has 4 nitrogen and oxygen atoms in total. The Hall–Kier alpha value is -6.41. The number of nitrogens with zero attached hydrogens (tertiary/aromatic N) is 2. The molecule has 4 heterocycles. The second kappa shape index (κ2) is 10.6. The second-order valence-electron chi connectivity index (χ2n) is 13.3. The summed E-state index contributed by atoms with van der Waals surface area (Å²) >= 11 is 0. The van der Waals surface area contributed by atoms with Crippen molar-refractivity contribution >= 4 is 80.3 Å². The van der Waals surface area contributed by atoms with Crippen molar-refractivity contribution in [3.05, 3.63) is 157 Å². The van der Waals surface area contributed by atoms with Crippen molar-refractivity contribution in [2.75, 3.05) is 9.80 Å². The van der Waals surface area contributed by atoms with E-state index in [1.165, 1.54) is 6.07 Å². The highest BCUT2D eigenvalue weighted by Gasteiger charge is 2.48. The minimum absolute atomic E-state index is 0.0706. The van der Waals surface area contributed by atoms with Gasteiger partial charge in [0, 0.05) is 52.1 Å². The Labute approximate surface area is 296 Å². The van der Waals surface area contributed by atoms with Gasteiger partial charge >= 0.3 is 0 Å². The maximum absolute atomic E-state index is 16.7. The molecule has 7 aromatic rings. The van der Waals surface area contributed by atoms with Gasteiger partial charge < -0.3 is 19.3 Å². The molecule has 0 spiro atoms. The molecule has 0 amide bonds. The minimum atomic E-state index is -1.12. The van der Waals surface area contributed by atoms with Crippen LogP contribution in [0.5, 0.6) is 23.0 Å². The van der Waals surface area contributed by atoms with Gasteiger partial charge in [-0.05, 0) is 63.7 Å². The topological polar surface area (TPSA) is 24.9 Å². The smallest absolute Gasteiger partial charge is 0.260 e. The molecule has 11 rings (SSSR count). The Balaban J connectivity index is 1.26. The third-order valence-corrected chi connectivity index (χ3v) is 10.6. The first-order valence-corrected chi connectivity index (χ1v) is 16.9. The number of fused-ring (bicyclic) bond motifs is 8. The van der Waals surface area contributed by atoms with Gasteiger partial charge in [0.15, 0.2) is 23.2 Å². The van der Waals surface area contributed by atoms with Gasteiger partial charge in [-0.2, -0.15) is 4.39 Å². The van der Waals surface area contributed by atoms with Gasteiger partial charge in [-0.3, -0.25) is 0 Å². The van der Waals surface area contributed by atoms with E-state index in [4.69, 9.17) is 9.47 Å². The lowest BCUT2D eigenvalue weighted by Gasteiger charge is -2.45. The van der Waals surface area contributed by atoms with Crippen LogP contribution in [0, 0.1) is 23.3 Å². The van der Waals surface area contributed by atoms with Crippen molar-refractivity contribution in [2.24, 2.45) is 0 Å². The number of benzene rings is 7. The van der Waals surface area contributed by atoms with Crippen LogP contribution in [0.3, 0.4) is 0 Å². The van der Waals surface area contributed by atoms with Crippen molar-refractivity contribution in [1.29, 1.82) is 0 Å². The molecule has 0 radical (unpaired) electrons. The van der Waals surface area contributed by atoms with Crippen molar-refractivity contribution < 1.29 is 27.0 Å². The molecule has 0 aliphatic carbocycles. The average molecular weight is 684 g/mol. The average Bonchev–Trinajstić information content (AvgIpc) is 3.18. The van der Waals surface area contributed by atoms with Crippen LogP contribution in [0.15, 0.2) is 133 Å². The molecule has 0 saturated heterocycles. The van der Waals surface area contributed by atoms with Crippen molar-refractivity contribution in [2.45, 2.75) is 0 Å². The summed E-state index contributed by atoms with van der Waals surface area (Å²) in [6.45, 7) is -1.09. The van der Waals surface area contributed by atoms with E-state index in [0.717, 1.165) is 39.3 Å². The molecule has 10 heteroatoms. The standard InChI is InChI=1S/C42H22B2F4N2O2/c45-29-20-33-37-41(39(29)47)50(24-13-5-2-6-14-24)32-22-35-28(19-27(32)43(37)25-15-7-9-17-31(25)49(33)23-11-3-1-4-12-23)44-26-16-8-10-18-34(26)51-36-21-30(46)40(48)42(52-35)38(36)44/h1-22H. The lowest BCUT2D eigenvalue weighted by atomic mass is 9.31. The summed E-state index contributed by atoms with van der Waals surface area (Å²) < 4.78 is 76.0. The van der Waals surface area contributed by atoms with E-state index in [0.29, 0.717) is 33.7 Å². The highest BCUT2D eigenvalue weighted by atomic mass is 19.2. The number of hydrogen-bond donors (Lipinski definition) is 0. The molecule has 0 unspecified atom stereocenters. The van der Waals surface area contributed by atoms with E-state index in [-0.39, 0.29) is 22.9 Å². The Morgan fingerprint density at radius 2 is 1.06 bits per heavy atom. The third kappa shape index (κ3) is 3.83. The van der Waals surface area contributed by atoms with Crippen LogP contribution in [0.4, 0.5) is 51.7 Å². The molecule has 0 atom stereocenters. The van der Waals surface area contributed by atoms with Gasteiger partial charge in [0.25, 0.3) is 13.4 Å². The van der Waals surface area contributed by atoms with E-state index in [2.05, 4.69) is 0 Å². The zero-order valence-corrected chi connectivity index (χ0v) is 27.1. The summed E-state index contributed by atoms with van der Waals surface area (Å²) in [6.07, 6.45) is 0. The van der Waals surface area contributed by atoms with E-state index in [1.54, 1.807) is 17.0 Å². The molecule has 4 aliphatic rings. The SMILES string of the molecule is Fc1cc2c3c(c1F)Oc1cc4c(cc1B3c1ccccc1O2)B1c2ccccc2N(c2ccccc2)c2cc(F)c(F)c(c21)N4c1ccccc1. The quantitative estimate of drug-likeness (QED) is 0.144. The van der Waals surface area contributed by atoms with Crippen LogP contribution in [-0.2, 0) is 0 Å². The Bertz CT molecular complexity index is 2680. The lowest BCUT2D eigenvalue weighted by molar-refractivity contribution is 0.407. The number of anilines is 6. The Kier molecular flexibility index (Phi) is 5.95. The molecule has 0 fully saturated rings.